The molecule has 0 aliphatic carbocycles. The second kappa shape index (κ2) is 4.88. The first-order valence-corrected chi connectivity index (χ1v) is 6.95. The van der Waals surface area contributed by atoms with Crippen LogP contribution in [0, 0.1) is 12.7 Å². The van der Waals surface area contributed by atoms with Gasteiger partial charge in [0, 0.05) is 23.0 Å². The maximum atomic E-state index is 13.4. The zero-order valence-corrected chi connectivity index (χ0v) is 12.1. The number of fused-ring (bicyclic) bond motifs is 1. The average molecular weight is 284 g/mol. The van der Waals surface area contributed by atoms with Crippen LogP contribution < -0.4 is 10.6 Å². The molecule has 2 aromatic carbocycles. The lowest BCUT2D eigenvalue weighted by Crippen LogP contribution is -2.35. The molecule has 2 aromatic rings. The summed E-state index contributed by atoms with van der Waals surface area (Å²) in [6.07, 6.45) is 0.784. The molecule has 0 radical (unpaired) electrons. The molecule has 0 spiro atoms. The van der Waals surface area contributed by atoms with Crippen LogP contribution >= 0.6 is 0 Å². The highest BCUT2D eigenvalue weighted by Gasteiger charge is 2.31. The lowest BCUT2D eigenvalue weighted by atomic mass is 10.1. The van der Waals surface area contributed by atoms with Crippen LogP contribution in [-0.4, -0.2) is 11.9 Å². The molecule has 0 bridgehead atoms. The maximum Gasteiger partial charge on any atom is 0.258 e. The minimum Gasteiger partial charge on any atom is -0.399 e. The fourth-order valence-electron chi connectivity index (χ4n) is 2.88. The predicted molar refractivity (Wildman–Crippen MR) is 82.0 cm³/mol. The molecule has 108 valence electrons. The van der Waals surface area contributed by atoms with Gasteiger partial charge in [-0.25, -0.2) is 4.39 Å². The van der Waals surface area contributed by atoms with E-state index in [4.69, 9.17) is 5.73 Å². The summed E-state index contributed by atoms with van der Waals surface area (Å²) >= 11 is 0. The molecule has 0 aromatic heterocycles. The first-order valence-electron chi connectivity index (χ1n) is 6.95. The third-order valence-corrected chi connectivity index (χ3v) is 3.94. The van der Waals surface area contributed by atoms with Crippen molar-refractivity contribution in [3.8, 4) is 0 Å². The lowest BCUT2D eigenvalue weighted by Gasteiger charge is -2.23. The molecule has 1 unspecified atom stereocenters. The highest BCUT2D eigenvalue weighted by molar-refractivity contribution is 6.08. The number of rotatable bonds is 1. The van der Waals surface area contributed by atoms with Crippen LogP contribution in [0.4, 0.5) is 15.8 Å². The fourth-order valence-corrected chi connectivity index (χ4v) is 2.88. The number of benzene rings is 2. The van der Waals surface area contributed by atoms with Crippen molar-refractivity contribution in [1.29, 1.82) is 0 Å². The van der Waals surface area contributed by atoms with E-state index in [2.05, 4.69) is 0 Å². The first-order chi connectivity index (χ1) is 9.97. The molecule has 4 heteroatoms. The Hall–Kier alpha value is -2.36. The quantitative estimate of drug-likeness (QED) is 0.817. The van der Waals surface area contributed by atoms with Gasteiger partial charge in [0.2, 0.25) is 0 Å². The normalized spacial score (nSPS) is 16.9. The largest absolute Gasteiger partial charge is 0.399 e. The van der Waals surface area contributed by atoms with Gasteiger partial charge >= 0.3 is 0 Å². The number of anilines is 2. The van der Waals surface area contributed by atoms with E-state index >= 15 is 0 Å². The van der Waals surface area contributed by atoms with E-state index in [1.54, 1.807) is 24.0 Å². The number of carbonyl (C=O) groups is 1. The molecule has 3 nitrogen and oxygen atoms in total. The van der Waals surface area contributed by atoms with E-state index in [1.807, 2.05) is 19.1 Å². The molecule has 3 rings (SSSR count). The van der Waals surface area contributed by atoms with Crippen LogP contribution in [0.5, 0.6) is 0 Å². The molecule has 0 saturated carbocycles. The van der Waals surface area contributed by atoms with E-state index in [9.17, 15) is 9.18 Å². The van der Waals surface area contributed by atoms with Gasteiger partial charge in [-0.05, 0) is 67.8 Å². The highest BCUT2D eigenvalue weighted by atomic mass is 19.1. The SMILES string of the molecule is Cc1cc(C(=O)N2c3ccc(N)cc3CC2C)ccc1F. The van der Waals surface area contributed by atoms with Crippen molar-refractivity contribution in [1.82, 2.24) is 0 Å². The molecule has 1 atom stereocenters. The minimum atomic E-state index is -0.297. The zero-order valence-electron chi connectivity index (χ0n) is 12.1. The molecule has 1 aliphatic rings. The number of amides is 1. The van der Waals surface area contributed by atoms with Crippen molar-refractivity contribution < 1.29 is 9.18 Å². The predicted octanol–water partition coefficient (Wildman–Crippen LogP) is 3.31. The molecule has 21 heavy (non-hydrogen) atoms. The van der Waals surface area contributed by atoms with Gasteiger partial charge in [-0.15, -0.1) is 0 Å². The summed E-state index contributed by atoms with van der Waals surface area (Å²) < 4.78 is 13.4. The Morgan fingerprint density at radius 2 is 2.05 bits per heavy atom. The Morgan fingerprint density at radius 1 is 1.29 bits per heavy atom. The van der Waals surface area contributed by atoms with Gasteiger partial charge in [-0.2, -0.15) is 0 Å². The number of hydrogen-bond acceptors (Lipinski definition) is 2. The van der Waals surface area contributed by atoms with Crippen molar-refractivity contribution in [3.05, 3.63) is 58.9 Å². The molecule has 1 aliphatic heterocycles. The Kier molecular flexibility index (Phi) is 3.16. The van der Waals surface area contributed by atoms with Gasteiger partial charge in [0.25, 0.3) is 5.91 Å². The van der Waals surface area contributed by atoms with Crippen LogP contribution in [0.3, 0.4) is 0 Å². The molecular weight excluding hydrogens is 267 g/mol. The molecule has 1 heterocycles. The number of nitrogens with two attached hydrogens (primary N) is 1. The van der Waals surface area contributed by atoms with Gasteiger partial charge < -0.3 is 10.6 Å². The summed E-state index contributed by atoms with van der Waals surface area (Å²) in [5.41, 5.74) is 9.45. The Balaban J connectivity index is 2.00. The number of aryl methyl sites for hydroxylation is 1. The smallest absolute Gasteiger partial charge is 0.258 e. The summed E-state index contributed by atoms with van der Waals surface area (Å²) in [5, 5.41) is 0. The third-order valence-electron chi connectivity index (χ3n) is 3.94. The van der Waals surface area contributed by atoms with Gasteiger partial charge in [-0.1, -0.05) is 0 Å². The Labute approximate surface area is 123 Å². The molecule has 0 fully saturated rings. The van der Waals surface area contributed by atoms with Gasteiger partial charge in [0.1, 0.15) is 5.82 Å². The van der Waals surface area contributed by atoms with Gasteiger partial charge in [0.05, 0.1) is 0 Å². The maximum absolute atomic E-state index is 13.4. The summed E-state index contributed by atoms with van der Waals surface area (Å²) in [6, 6.07) is 10.1. The lowest BCUT2D eigenvalue weighted by molar-refractivity contribution is 0.0981. The van der Waals surface area contributed by atoms with E-state index in [0.29, 0.717) is 16.8 Å². The van der Waals surface area contributed by atoms with Crippen molar-refractivity contribution in [2.75, 3.05) is 10.6 Å². The number of carbonyl (C=O) groups excluding carboxylic acids is 1. The number of halogens is 1. The summed E-state index contributed by atoms with van der Waals surface area (Å²) in [6.45, 7) is 3.67. The van der Waals surface area contributed by atoms with Gasteiger partial charge in [-0.3, -0.25) is 4.79 Å². The fraction of sp³-hybridized carbons (Fsp3) is 0.235. The summed E-state index contributed by atoms with van der Waals surface area (Å²) in [7, 11) is 0. The second-order valence-electron chi connectivity index (χ2n) is 5.58. The summed E-state index contributed by atoms with van der Waals surface area (Å²) in [5.74, 6) is -0.400. The van der Waals surface area contributed by atoms with Crippen molar-refractivity contribution in [2.24, 2.45) is 0 Å². The van der Waals surface area contributed by atoms with Crippen LogP contribution in [0.15, 0.2) is 36.4 Å². The van der Waals surface area contributed by atoms with Crippen LogP contribution in [0.25, 0.3) is 0 Å². The van der Waals surface area contributed by atoms with Crippen LogP contribution in [0.2, 0.25) is 0 Å². The molecule has 0 saturated heterocycles. The first kappa shape index (κ1) is 13.6. The summed E-state index contributed by atoms with van der Waals surface area (Å²) in [4.78, 5) is 14.5. The topological polar surface area (TPSA) is 46.3 Å². The molecule has 2 N–H and O–H groups in total. The standard InChI is InChI=1S/C17H17FN2O/c1-10-7-12(3-5-15(10)18)17(21)20-11(2)8-13-9-14(19)4-6-16(13)20/h3-7,9,11H,8,19H2,1-2H3. The number of nitrogens with zero attached hydrogens (tertiary/aromatic N) is 1. The van der Waals surface area contributed by atoms with Gasteiger partial charge in [0.15, 0.2) is 0 Å². The van der Waals surface area contributed by atoms with Crippen molar-refractivity contribution in [3.63, 3.8) is 0 Å². The minimum absolute atomic E-state index is 0.0691. The monoisotopic (exact) mass is 284 g/mol. The average Bonchev–Trinajstić information content (AvgIpc) is 2.76. The molecule has 1 amide bonds. The van der Waals surface area contributed by atoms with Crippen molar-refractivity contribution >= 4 is 17.3 Å². The van der Waals surface area contributed by atoms with E-state index in [0.717, 1.165) is 17.7 Å². The van der Waals surface area contributed by atoms with Crippen molar-refractivity contribution in [2.45, 2.75) is 26.3 Å². The van der Waals surface area contributed by atoms with Crippen LogP contribution in [0.1, 0.15) is 28.4 Å². The Morgan fingerprint density at radius 3 is 2.76 bits per heavy atom. The highest BCUT2D eigenvalue weighted by Crippen LogP contribution is 2.34. The number of hydrogen-bond donors (Lipinski definition) is 1. The van der Waals surface area contributed by atoms with Crippen LogP contribution in [-0.2, 0) is 6.42 Å². The molecular formula is C17H17FN2O. The van der Waals surface area contributed by atoms with E-state index in [-0.39, 0.29) is 17.8 Å². The number of nitrogen functional groups attached to an aromatic ring is 1. The van der Waals surface area contributed by atoms with E-state index in [1.165, 1.54) is 12.1 Å². The second-order valence-corrected chi connectivity index (χ2v) is 5.58. The third kappa shape index (κ3) is 2.27. The zero-order chi connectivity index (χ0) is 15.1. The Bertz CT molecular complexity index is 727. The van der Waals surface area contributed by atoms with E-state index < -0.39 is 0 Å².